The normalized spacial score (nSPS) is 21.3. The predicted molar refractivity (Wildman–Crippen MR) is 34.3 cm³/mol. The molecule has 9 heavy (non-hydrogen) atoms. The standard InChI is InChI=1S/C6H11N2O/c9-6-7-8-4-2-1-3-5-8/h1-5H2,(H,7,9). The Bertz CT molecular complexity index is 89.1. The molecule has 0 aromatic heterocycles. The topological polar surface area (TPSA) is 32.3 Å². The molecule has 0 atom stereocenters. The lowest BCUT2D eigenvalue weighted by atomic mass is 10.2. The molecule has 3 nitrogen and oxygen atoms in total. The van der Waals surface area contributed by atoms with Gasteiger partial charge in [-0.2, -0.15) is 0 Å². The molecular weight excluding hydrogens is 116 g/mol. The maximum absolute atomic E-state index is 9.80. The van der Waals surface area contributed by atoms with Crippen molar-refractivity contribution >= 4 is 6.41 Å². The molecule has 3 heteroatoms. The molecule has 1 rings (SSSR count). The number of hydrogen-bond donors (Lipinski definition) is 1. The van der Waals surface area contributed by atoms with Crippen molar-refractivity contribution in [3.05, 3.63) is 0 Å². The number of nitrogens with one attached hydrogen (secondary N) is 1. The Morgan fingerprint density at radius 3 is 2.44 bits per heavy atom. The first-order valence-electron chi connectivity index (χ1n) is 3.31. The molecule has 1 aliphatic rings. The van der Waals surface area contributed by atoms with Gasteiger partial charge in [0.15, 0.2) is 0 Å². The smallest absolute Gasteiger partial charge is 0.280 e. The zero-order valence-corrected chi connectivity index (χ0v) is 5.39. The fourth-order valence-electron chi connectivity index (χ4n) is 1.07. The molecule has 0 bridgehead atoms. The van der Waals surface area contributed by atoms with Gasteiger partial charge in [0, 0.05) is 13.1 Å². The predicted octanol–water partition coefficient (Wildman–Crippen LogP) is 0.0441. The summed E-state index contributed by atoms with van der Waals surface area (Å²) in [5, 5.41) is 1.90. The van der Waals surface area contributed by atoms with Crippen molar-refractivity contribution in [2.24, 2.45) is 0 Å². The summed E-state index contributed by atoms with van der Waals surface area (Å²) in [6, 6.07) is 0. The van der Waals surface area contributed by atoms with Gasteiger partial charge in [-0.05, 0) is 12.8 Å². The van der Waals surface area contributed by atoms with Crippen LogP contribution in [0.15, 0.2) is 0 Å². The Morgan fingerprint density at radius 1 is 1.22 bits per heavy atom. The van der Waals surface area contributed by atoms with Crippen LogP contribution in [0, 0.1) is 0 Å². The van der Waals surface area contributed by atoms with Gasteiger partial charge in [-0.1, -0.05) is 6.42 Å². The molecule has 1 fully saturated rings. The van der Waals surface area contributed by atoms with Crippen LogP contribution in [0.25, 0.3) is 0 Å². The molecule has 51 valence electrons. The Hall–Kier alpha value is -0.570. The summed E-state index contributed by atoms with van der Waals surface area (Å²) in [6.07, 6.45) is 5.33. The van der Waals surface area contributed by atoms with Crippen LogP contribution in [-0.2, 0) is 4.79 Å². The van der Waals surface area contributed by atoms with E-state index in [2.05, 4.69) is 5.43 Å². The van der Waals surface area contributed by atoms with E-state index in [1.165, 1.54) is 19.3 Å². The first kappa shape index (κ1) is 6.55. The minimum atomic E-state index is 0.981. The van der Waals surface area contributed by atoms with Crippen LogP contribution in [0.2, 0.25) is 0 Å². The highest BCUT2D eigenvalue weighted by Crippen LogP contribution is 2.04. The van der Waals surface area contributed by atoms with Crippen LogP contribution in [0.3, 0.4) is 0 Å². The van der Waals surface area contributed by atoms with Gasteiger partial charge >= 0.3 is 6.41 Å². The van der Waals surface area contributed by atoms with Gasteiger partial charge in [-0.25, -0.2) is 5.01 Å². The van der Waals surface area contributed by atoms with E-state index >= 15 is 0 Å². The van der Waals surface area contributed by atoms with E-state index < -0.39 is 0 Å². The minimum absolute atomic E-state index is 0.981. The summed E-state index contributed by atoms with van der Waals surface area (Å²) in [5.74, 6) is 0. The Labute approximate surface area is 55.0 Å². The first-order valence-corrected chi connectivity index (χ1v) is 3.31. The number of carbonyl (C=O) groups excluding carboxylic acids is 1. The van der Waals surface area contributed by atoms with E-state index in [0.717, 1.165) is 13.1 Å². The lowest BCUT2D eigenvalue weighted by Gasteiger charge is -2.23. The molecular formula is C6H11N2O. The number of hydrogen-bond acceptors (Lipinski definition) is 2. The van der Waals surface area contributed by atoms with Crippen LogP contribution in [-0.4, -0.2) is 24.5 Å². The van der Waals surface area contributed by atoms with Crippen LogP contribution in [0.4, 0.5) is 0 Å². The van der Waals surface area contributed by atoms with Crippen LogP contribution in [0.1, 0.15) is 19.3 Å². The second-order valence-corrected chi connectivity index (χ2v) is 2.26. The van der Waals surface area contributed by atoms with Gasteiger partial charge in [0.2, 0.25) is 0 Å². The number of hydrazine groups is 1. The summed E-state index contributed by atoms with van der Waals surface area (Å²) < 4.78 is 0. The third-order valence-corrected chi connectivity index (χ3v) is 1.56. The highest BCUT2D eigenvalue weighted by molar-refractivity contribution is 5.46. The van der Waals surface area contributed by atoms with E-state index in [1.807, 2.05) is 5.01 Å². The molecule has 0 aromatic rings. The van der Waals surface area contributed by atoms with Gasteiger partial charge in [0.25, 0.3) is 0 Å². The van der Waals surface area contributed by atoms with Crippen molar-refractivity contribution in [2.75, 3.05) is 13.1 Å². The van der Waals surface area contributed by atoms with Gasteiger partial charge in [-0.3, -0.25) is 10.2 Å². The zero-order valence-electron chi connectivity index (χ0n) is 5.39. The molecule has 0 saturated carbocycles. The van der Waals surface area contributed by atoms with Crippen molar-refractivity contribution in [1.29, 1.82) is 0 Å². The fourth-order valence-corrected chi connectivity index (χ4v) is 1.07. The van der Waals surface area contributed by atoms with Crippen molar-refractivity contribution < 1.29 is 4.79 Å². The Kier molecular flexibility index (Phi) is 2.51. The van der Waals surface area contributed by atoms with E-state index in [-0.39, 0.29) is 0 Å². The van der Waals surface area contributed by atoms with Crippen molar-refractivity contribution in [3.63, 3.8) is 0 Å². The Morgan fingerprint density at radius 2 is 1.89 bits per heavy atom. The second kappa shape index (κ2) is 3.45. The summed E-state index contributed by atoms with van der Waals surface area (Å²) in [5.41, 5.74) is 2.51. The van der Waals surface area contributed by atoms with Crippen LogP contribution >= 0.6 is 0 Å². The number of piperidine rings is 1. The highest BCUT2D eigenvalue weighted by Gasteiger charge is 2.07. The number of nitrogens with zero attached hydrogens (tertiary/aromatic N) is 1. The quantitative estimate of drug-likeness (QED) is 0.531. The highest BCUT2D eigenvalue weighted by atomic mass is 16.1. The van der Waals surface area contributed by atoms with Crippen molar-refractivity contribution in [2.45, 2.75) is 19.3 Å². The molecule has 1 N–H and O–H groups in total. The second-order valence-electron chi connectivity index (χ2n) is 2.26. The average molecular weight is 127 g/mol. The maximum atomic E-state index is 9.80. The average Bonchev–Trinajstić information content (AvgIpc) is 1.91. The molecule has 0 spiro atoms. The van der Waals surface area contributed by atoms with E-state index in [0.29, 0.717) is 0 Å². The molecule has 0 aliphatic carbocycles. The van der Waals surface area contributed by atoms with E-state index in [9.17, 15) is 4.79 Å². The van der Waals surface area contributed by atoms with Crippen LogP contribution in [0.5, 0.6) is 0 Å². The fraction of sp³-hybridized carbons (Fsp3) is 0.833. The molecule has 1 heterocycles. The third kappa shape index (κ3) is 2.01. The molecule has 1 amide bonds. The van der Waals surface area contributed by atoms with Gasteiger partial charge in [0.05, 0.1) is 0 Å². The van der Waals surface area contributed by atoms with E-state index in [4.69, 9.17) is 0 Å². The summed E-state index contributed by atoms with van der Waals surface area (Å²) in [6.45, 7) is 1.96. The van der Waals surface area contributed by atoms with Gasteiger partial charge < -0.3 is 0 Å². The first-order chi connectivity index (χ1) is 4.43. The van der Waals surface area contributed by atoms with Crippen molar-refractivity contribution in [1.82, 2.24) is 10.4 Å². The molecule has 1 saturated heterocycles. The molecule has 0 aromatic carbocycles. The van der Waals surface area contributed by atoms with Crippen LogP contribution < -0.4 is 5.43 Å². The summed E-state index contributed by atoms with van der Waals surface area (Å²) >= 11 is 0. The summed E-state index contributed by atoms with van der Waals surface area (Å²) in [7, 11) is 0. The van der Waals surface area contributed by atoms with Gasteiger partial charge in [-0.15, -0.1) is 0 Å². The Balaban J connectivity index is 2.15. The van der Waals surface area contributed by atoms with E-state index in [1.54, 1.807) is 6.41 Å². The maximum Gasteiger partial charge on any atom is 0.324 e. The number of amides is 1. The largest absolute Gasteiger partial charge is 0.324 e. The minimum Gasteiger partial charge on any atom is -0.280 e. The number of rotatable bonds is 2. The van der Waals surface area contributed by atoms with Gasteiger partial charge in [0.1, 0.15) is 0 Å². The molecule has 1 radical (unpaired) electrons. The zero-order chi connectivity index (χ0) is 6.53. The van der Waals surface area contributed by atoms with Crippen molar-refractivity contribution in [3.8, 4) is 0 Å². The third-order valence-electron chi connectivity index (χ3n) is 1.56. The lowest BCUT2D eigenvalue weighted by Crippen LogP contribution is -2.40. The lowest BCUT2D eigenvalue weighted by molar-refractivity contribution is 0.191. The monoisotopic (exact) mass is 127 g/mol. The SMILES string of the molecule is O=[C]NN1CCCCC1. The molecule has 0 unspecified atom stereocenters. The summed E-state index contributed by atoms with van der Waals surface area (Å²) in [4.78, 5) is 9.80. The molecule has 1 aliphatic heterocycles.